The highest BCUT2D eigenvalue weighted by Gasteiger charge is 2.14. The quantitative estimate of drug-likeness (QED) is 0.809. The summed E-state index contributed by atoms with van der Waals surface area (Å²) in [6.45, 7) is 7.40. The normalized spacial score (nSPS) is 11.9. The van der Waals surface area contributed by atoms with Crippen molar-refractivity contribution in [3.8, 4) is 5.75 Å². The summed E-state index contributed by atoms with van der Waals surface area (Å²) in [6.07, 6.45) is 1.53. The molecule has 0 spiro atoms. The first-order valence-electron chi connectivity index (χ1n) is 8.25. The highest BCUT2D eigenvalue weighted by Crippen LogP contribution is 2.20. The summed E-state index contributed by atoms with van der Waals surface area (Å²) in [5.74, 6) is 0.684. The molecule has 1 aromatic carbocycles. The van der Waals surface area contributed by atoms with E-state index in [1.165, 1.54) is 6.26 Å². The van der Waals surface area contributed by atoms with E-state index in [0.717, 1.165) is 11.3 Å². The van der Waals surface area contributed by atoms with E-state index in [4.69, 9.17) is 9.15 Å². The Labute approximate surface area is 147 Å². The average molecular weight is 344 g/mol. The van der Waals surface area contributed by atoms with Crippen molar-refractivity contribution in [2.75, 3.05) is 6.54 Å². The first kappa shape index (κ1) is 18.6. The molecule has 0 fully saturated rings. The summed E-state index contributed by atoms with van der Waals surface area (Å²) in [5, 5.41) is 5.44. The number of hydrogen-bond donors (Lipinski definition) is 2. The van der Waals surface area contributed by atoms with Crippen LogP contribution in [0.4, 0.5) is 0 Å². The van der Waals surface area contributed by atoms with Crippen molar-refractivity contribution in [2.24, 2.45) is 0 Å². The number of carbonyl (C=O) groups is 2. The minimum Gasteiger partial charge on any atom is -0.491 e. The standard InChI is InChI=1S/C19H24N2O4/c1-12(2)25-16-7-5-6-15(10-16)13(3)21-18(22)11-20-19(23)17-8-9-24-14(17)4/h5-10,12-13H,11H2,1-4H3,(H,20,23)(H,21,22)/t13-/m1/s1. The lowest BCUT2D eigenvalue weighted by atomic mass is 10.1. The van der Waals surface area contributed by atoms with Crippen molar-refractivity contribution in [3.63, 3.8) is 0 Å². The maximum absolute atomic E-state index is 12.1. The molecule has 0 bridgehead atoms. The van der Waals surface area contributed by atoms with Crippen molar-refractivity contribution in [3.05, 3.63) is 53.5 Å². The van der Waals surface area contributed by atoms with Gasteiger partial charge in [-0.1, -0.05) is 12.1 Å². The fourth-order valence-corrected chi connectivity index (χ4v) is 2.38. The van der Waals surface area contributed by atoms with Gasteiger partial charge in [0, 0.05) is 0 Å². The largest absolute Gasteiger partial charge is 0.491 e. The highest BCUT2D eigenvalue weighted by atomic mass is 16.5. The second-order valence-corrected chi connectivity index (χ2v) is 6.10. The van der Waals surface area contributed by atoms with E-state index in [-0.39, 0.29) is 30.5 Å². The van der Waals surface area contributed by atoms with Crippen LogP contribution in [0.5, 0.6) is 5.75 Å². The molecule has 0 aliphatic heterocycles. The van der Waals surface area contributed by atoms with Gasteiger partial charge in [0.15, 0.2) is 0 Å². The number of ether oxygens (including phenoxy) is 1. The molecule has 0 aliphatic rings. The number of carbonyl (C=O) groups excluding carboxylic acids is 2. The third kappa shape index (κ3) is 5.38. The van der Waals surface area contributed by atoms with E-state index in [1.54, 1.807) is 13.0 Å². The third-order valence-electron chi connectivity index (χ3n) is 3.62. The molecular formula is C19H24N2O4. The van der Waals surface area contributed by atoms with Gasteiger partial charge in [-0.25, -0.2) is 0 Å². The second kappa shape index (κ2) is 8.37. The second-order valence-electron chi connectivity index (χ2n) is 6.10. The Morgan fingerprint density at radius 2 is 1.96 bits per heavy atom. The molecule has 0 aliphatic carbocycles. The number of rotatable bonds is 7. The summed E-state index contributed by atoms with van der Waals surface area (Å²) in [4.78, 5) is 24.0. The van der Waals surface area contributed by atoms with E-state index in [1.807, 2.05) is 45.0 Å². The fraction of sp³-hybridized carbons (Fsp3) is 0.368. The number of amides is 2. The number of benzene rings is 1. The molecular weight excluding hydrogens is 320 g/mol. The van der Waals surface area contributed by atoms with Crippen LogP contribution in [-0.2, 0) is 4.79 Å². The summed E-state index contributed by atoms with van der Waals surface area (Å²) in [5.41, 5.74) is 1.36. The van der Waals surface area contributed by atoms with Gasteiger partial charge in [-0.2, -0.15) is 0 Å². The molecule has 6 heteroatoms. The minimum absolute atomic E-state index is 0.0849. The zero-order valence-corrected chi connectivity index (χ0v) is 15.0. The van der Waals surface area contributed by atoms with E-state index in [9.17, 15) is 9.59 Å². The average Bonchev–Trinajstić information content (AvgIpc) is 2.98. The van der Waals surface area contributed by atoms with Crippen LogP contribution in [0.25, 0.3) is 0 Å². The minimum atomic E-state index is -0.332. The molecule has 2 amide bonds. The lowest BCUT2D eigenvalue weighted by Gasteiger charge is -2.17. The summed E-state index contributed by atoms with van der Waals surface area (Å²) in [6, 6.07) is 8.97. The van der Waals surface area contributed by atoms with Gasteiger partial charge in [0.2, 0.25) is 5.91 Å². The van der Waals surface area contributed by atoms with Crippen LogP contribution in [0, 0.1) is 6.92 Å². The molecule has 1 aromatic heterocycles. The molecule has 2 aromatic rings. The lowest BCUT2D eigenvalue weighted by molar-refractivity contribution is -0.120. The summed E-state index contributed by atoms with van der Waals surface area (Å²) >= 11 is 0. The number of aryl methyl sites for hydroxylation is 1. The van der Waals surface area contributed by atoms with Crippen LogP contribution in [0.3, 0.4) is 0 Å². The van der Waals surface area contributed by atoms with Crippen molar-refractivity contribution in [1.82, 2.24) is 10.6 Å². The third-order valence-corrected chi connectivity index (χ3v) is 3.62. The highest BCUT2D eigenvalue weighted by molar-refractivity contribution is 5.97. The monoisotopic (exact) mass is 344 g/mol. The summed E-state index contributed by atoms with van der Waals surface area (Å²) < 4.78 is 10.7. The SMILES string of the molecule is Cc1occc1C(=O)NCC(=O)N[C@H](C)c1cccc(OC(C)C)c1. The fourth-order valence-electron chi connectivity index (χ4n) is 2.38. The van der Waals surface area contributed by atoms with Gasteiger partial charge in [0.25, 0.3) is 5.91 Å². The number of nitrogens with one attached hydrogen (secondary N) is 2. The molecule has 25 heavy (non-hydrogen) atoms. The van der Waals surface area contributed by atoms with Gasteiger partial charge in [0.1, 0.15) is 11.5 Å². The van der Waals surface area contributed by atoms with Crippen molar-refractivity contribution in [1.29, 1.82) is 0 Å². The first-order chi connectivity index (χ1) is 11.9. The zero-order chi connectivity index (χ0) is 18.4. The predicted octanol–water partition coefficient (Wildman–Crippen LogP) is 2.98. The van der Waals surface area contributed by atoms with E-state index < -0.39 is 0 Å². The van der Waals surface area contributed by atoms with Crippen LogP contribution in [0.15, 0.2) is 41.0 Å². The van der Waals surface area contributed by atoms with Gasteiger partial charge < -0.3 is 19.8 Å². The molecule has 0 unspecified atom stereocenters. The maximum Gasteiger partial charge on any atom is 0.255 e. The molecule has 6 nitrogen and oxygen atoms in total. The molecule has 1 heterocycles. The molecule has 134 valence electrons. The first-order valence-corrected chi connectivity index (χ1v) is 8.25. The smallest absolute Gasteiger partial charge is 0.255 e. The number of furan rings is 1. The van der Waals surface area contributed by atoms with E-state index in [2.05, 4.69) is 10.6 Å². The van der Waals surface area contributed by atoms with Crippen molar-refractivity contribution < 1.29 is 18.7 Å². The lowest BCUT2D eigenvalue weighted by Crippen LogP contribution is -2.38. The molecule has 0 radical (unpaired) electrons. The van der Waals surface area contributed by atoms with Crippen LogP contribution in [0.1, 0.15) is 48.5 Å². The molecule has 2 rings (SSSR count). The van der Waals surface area contributed by atoms with E-state index in [0.29, 0.717) is 11.3 Å². The zero-order valence-electron chi connectivity index (χ0n) is 15.0. The van der Waals surface area contributed by atoms with E-state index >= 15 is 0 Å². The predicted molar refractivity (Wildman–Crippen MR) is 94.5 cm³/mol. The maximum atomic E-state index is 12.1. The van der Waals surface area contributed by atoms with Gasteiger partial charge in [-0.15, -0.1) is 0 Å². The van der Waals surface area contributed by atoms with Gasteiger partial charge >= 0.3 is 0 Å². The van der Waals surface area contributed by atoms with Crippen LogP contribution in [-0.4, -0.2) is 24.5 Å². The topological polar surface area (TPSA) is 80.6 Å². The molecule has 0 saturated carbocycles. The Bertz CT molecular complexity index is 737. The van der Waals surface area contributed by atoms with Gasteiger partial charge in [0.05, 0.1) is 30.5 Å². The molecule has 2 N–H and O–H groups in total. The van der Waals surface area contributed by atoms with Gasteiger partial charge in [-0.3, -0.25) is 9.59 Å². The molecule has 1 atom stereocenters. The van der Waals surface area contributed by atoms with Crippen molar-refractivity contribution >= 4 is 11.8 Å². The Balaban J connectivity index is 1.87. The Hall–Kier alpha value is -2.76. The Morgan fingerprint density at radius 3 is 2.60 bits per heavy atom. The Kier molecular flexibility index (Phi) is 6.22. The Morgan fingerprint density at radius 1 is 1.20 bits per heavy atom. The molecule has 0 saturated heterocycles. The van der Waals surface area contributed by atoms with Crippen LogP contribution >= 0.6 is 0 Å². The number of hydrogen-bond acceptors (Lipinski definition) is 4. The van der Waals surface area contributed by atoms with Gasteiger partial charge in [-0.05, 0) is 51.5 Å². The van der Waals surface area contributed by atoms with Crippen LogP contribution < -0.4 is 15.4 Å². The van der Waals surface area contributed by atoms with Crippen LogP contribution in [0.2, 0.25) is 0 Å². The summed E-state index contributed by atoms with van der Waals surface area (Å²) in [7, 11) is 0. The van der Waals surface area contributed by atoms with Crippen molar-refractivity contribution in [2.45, 2.75) is 39.8 Å².